The highest BCUT2D eigenvalue weighted by atomic mass is 16.5. The molecule has 2 amide bonds. The van der Waals surface area contributed by atoms with Crippen molar-refractivity contribution >= 4 is 11.8 Å². The third-order valence-corrected chi connectivity index (χ3v) is 3.49. The fourth-order valence-electron chi connectivity index (χ4n) is 2.10. The first-order valence-corrected chi connectivity index (χ1v) is 8.21. The van der Waals surface area contributed by atoms with Gasteiger partial charge in [0.25, 0.3) is 11.8 Å². The smallest absolute Gasteiger partial charge is 0.258 e. The van der Waals surface area contributed by atoms with Crippen molar-refractivity contribution in [2.75, 3.05) is 19.7 Å². The summed E-state index contributed by atoms with van der Waals surface area (Å²) < 4.78 is 5.38. The van der Waals surface area contributed by atoms with Crippen molar-refractivity contribution in [1.29, 1.82) is 0 Å². The van der Waals surface area contributed by atoms with Gasteiger partial charge in [-0.1, -0.05) is 30.3 Å². The van der Waals surface area contributed by atoms with Gasteiger partial charge in [-0.25, -0.2) is 0 Å². The molecule has 2 aromatic rings. The van der Waals surface area contributed by atoms with Crippen LogP contribution in [0.1, 0.15) is 22.3 Å². The lowest BCUT2D eigenvalue weighted by atomic mass is 10.1. The molecule has 4 N–H and O–H groups in total. The Morgan fingerprint density at radius 2 is 1.68 bits per heavy atom. The maximum Gasteiger partial charge on any atom is 0.258 e. The number of carbonyl (C=O) groups excluding carboxylic acids is 2. The van der Waals surface area contributed by atoms with Gasteiger partial charge in [-0.05, 0) is 42.8 Å². The number of carbonyl (C=O) groups is 2. The zero-order chi connectivity index (χ0) is 17.9. The Labute approximate surface area is 147 Å². The molecule has 0 radical (unpaired) electrons. The second kappa shape index (κ2) is 10.1. The molecule has 0 atom stereocenters. The monoisotopic (exact) mass is 341 g/mol. The molecule has 6 nitrogen and oxygen atoms in total. The third kappa shape index (κ3) is 6.64. The summed E-state index contributed by atoms with van der Waals surface area (Å²) in [5, 5.41) is 5.58. The fourth-order valence-corrected chi connectivity index (χ4v) is 2.10. The highest BCUT2D eigenvalue weighted by molar-refractivity contribution is 5.94. The van der Waals surface area contributed by atoms with Gasteiger partial charge in [-0.3, -0.25) is 9.59 Å². The molecule has 0 saturated carbocycles. The largest absolute Gasteiger partial charge is 0.484 e. The molecular weight excluding hydrogens is 318 g/mol. The van der Waals surface area contributed by atoms with E-state index in [1.165, 1.54) is 0 Å². The number of nitrogens with one attached hydrogen (secondary N) is 2. The molecular formula is C19H23N3O3. The number of nitrogens with two attached hydrogens (primary N) is 1. The van der Waals surface area contributed by atoms with E-state index in [1.807, 2.05) is 30.3 Å². The Kier molecular flexibility index (Phi) is 7.46. The van der Waals surface area contributed by atoms with Gasteiger partial charge in [-0.15, -0.1) is 0 Å². The van der Waals surface area contributed by atoms with Crippen LogP contribution in [0.25, 0.3) is 0 Å². The second-order valence-electron chi connectivity index (χ2n) is 5.47. The van der Waals surface area contributed by atoms with Crippen LogP contribution in [0.2, 0.25) is 0 Å². The summed E-state index contributed by atoms with van der Waals surface area (Å²) in [4.78, 5) is 23.7. The second-order valence-corrected chi connectivity index (χ2v) is 5.47. The fraction of sp³-hybridized carbons (Fsp3) is 0.263. The van der Waals surface area contributed by atoms with Gasteiger partial charge in [0, 0.05) is 18.7 Å². The molecule has 0 unspecified atom stereocenters. The average Bonchev–Trinajstić information content (AvgIpc) is 2.66. The van der Waals surface area contributed by atoms with E-state index >= 15 is 0 Å². The standard InChI is InChI=1S/C19H23N3O3/c20-11-4-12-21-19(24)16-9-7-15(8-10-16)13-22-18(23)14-25-17-5-2-1-3-6-17/h1-3,5-10H,4,11-14,20H2,(H,21,24)(H,22,23). The molecule has 6 heteroatoms. The van der Waals surface area contributed by atoms with Gasteiger partial charge >= 0.3 is 0 Å². The lowest BCUT2D eigenvalue weighted by Crippen LogP contribution is -2.28. The number of rotatable bonds is 9. The molecule has 2 aromatic carbocycles. The van der Waals surface area contributed by atoms with E-state index < -0.39 is 0 Å². The Morgan fingerprint density at radius 1 is 0.960 bits per heavy atom. The van der Waals surface area contributed by atoms with Crippen LogP contribution in [-0.2, 0) is 11.3 Å². The van der Waals surface area contributed by atoms with Crippen molar-refractivity contribution < 1.29 is 14.3 Å². The molecule has 0 spiro atoms. The number of hydrogen-bond acceptors (Lipinski definition) is 4. The molecule has 132 valence electrons. The van der Waals surface area contributed by atoms with E-state index in [0.29, 0.717) is 30.9 Å². The van der Waals surface area contributed by atoms with Crippen molar-refractivity contribution in [2.24, 2.45) is 5.73 Å². The van der Waals surface area contributed by atoms with Gasteiger partial charge < -0.3 is 21.1 Å². The third-order valence-electron chi connectivity index (χ3n) is 3.49. The van der Waals surface area contributed by atoms with Gasteiger partial charge in [0.05, 0.1) is 0 Å². The van der Waals surface area contributed by atoms with Gasteiger partial charge in [0.1, 0.15) is 5.75 Å². The molecule has 2 rings (SSSR count). The van der Waals surface area contributed by atoms with Gasteiger partial charge in [-0.2, -0.15) is 0 Å². The number of ether oxygens (including phenoxy) is 1. The lowest BCUT2D eigenvalue weighted by Gasteiger charge is -2.08. The van der Waals surface area contributed by atoms with Crippen LogP contribution in [0.3, 0.4) is 0 Å². The minimum Gasteiger partial charge on any atom is -0.484 e. The van der Waals surface area contributed by atoms with Crippen LogP contribution in [0.4, 0.5) is 0 Å². The maximum atomic E-state index is 11.9. The lowest BCUT2D eigenvalue weighted by molar-refractivity contribution is -0.123. The number of amides is 2. The Hall–Kier alpha value is -2.86. The molecule has 0 bridgehead atoms. The molecule has 0 aliphatic heterocycles. The van der Waals surface area contributed by atoms with Gasteiger partial charge in [0.2, 0.25) is 0 Å². The van der Waals surface area contributed by atoms with E-state index in [1.54, 1.807) is 24.3 Å². The van der Waals surface area contributed by atoms with Gasteiger partial charge in [0.15, 0.2) is 6.61 Å². The summed E-state index contributed by atoms with van der Waals surface area (Å²) in [6, 6.07) is 16.3. The van der Waals surface area contributed by atoms with Crippen LogP contribution >= 0.6 is 0 Å². The predicted octanol–water partition coefficient (Wildman–Crippen LogP) is 1.46. The van der Waals surface area contributed by atoms with E-state index in [0.717, 1.165) is 12.0 Å². The molecule has 0 heterocycles. The maximum absolute atomic E-state index is 11.9. The first-order valence-electron chi connectivity index (χ1n) is 8.21. The van der Waals surface area contributed by atoms with Crippen LogP contribution in [-0.4, -0.2) is 31.5 Å². The zero-order valence-electron chi connectivity index (χ0n) is 14.0. The van der Waals surface area contributed by atoms with Crippen LogP contribution in [0, 0.1) is 0 Å². The van der Waals surface area contributed by atoms with Crippen molar-refractivity contribution in [2.45, 2.75) is 13.0 Å². The molecule has 25 heavy (non-hydrogen) atoms. The zero-order valence-corrected chi connectivity index (χ0v) is 14.0. The number of para-hydroxylation sites is 1. The topological polar surface area (TPSA) is 93.5 Å². The van der Waals surface area contributed by atoms with Crippen molar-refractivity contribution in [3.63, 3.8) is 0 Å². The Morgan fingerprint density at radius 3 is 2.36 bits per heavy atom. The van der Waals surface area contributed by atoms with Crippen molar-refractivity contribution in [3.8, 4) is 5.75 Å². The molecule has 0 saturated heterocycles. The highest BCUT2D eigenvalue weighted by Gasteiger charge is 2.06. The average molecular weight is 341 g/mol. The quantitative estimate of drug-likeness (QED) is 0.602. The molecule has 0 fully saturated rings. The summed E-state index contributed by atoms with van der Waals surface area (Å²) in [5.41, 5.74) is 6.88. The Balaban J connectivity index is 1.73. The summed E-state index contributed by atoms with van der Waals surface area (Å²) in [5.74, 6) is 0.329. The summed E-state index contributed by atoms with van der Waals surface area (Å²) >= 11 is 0. The highest BCUT2D eigenvalue weighted by Crippen LogP contribution is 2.08. The van der Waals surface area contributed by atoms with E-state index in [-0.39, 0.29) is 18.4 Å². The SMILES string of the molecule is NCCCNC(=O)c1ccc(CNC(=O)COc2ccccc2)cc1. The number of benzene rings is 2. The van der Waals surface area contributed by atoms with Crippen molar-refractivity contribution in [1.82, 2.24) is 10.6 Å². The van der Waals surface area contributed by atoms with Crippen LogP contribution in [0.5, 0.6) is 5.75 Å². The van der Waals surface area contributed by atoms with Crippen LogP contribution < -0.4 is 21.1 Å². The first kappa shape index (κ1) is 18.5. The van der Waals surface area contributed by atoms with E-state index in [9.17, 15) is 9.59 Å². The first-order chi connectivity index (χ1) is 12.2. The predicted molar refractivity (Wildman–Crippen MR) is 96.2 cm³/mol. The Bertz CT molecular complexity index is 672. The molecule has 0 aliphatic carbocycles. The minimum absolute atomic E-state index is 0.0361. The summed E-state index contributed by atoms with van der Waals surface area (Å²) in [7, 11) is 0. The van der Waals surface area contributed by atoms with E-state index in [4.69, 9.17) is 10.5 Å². The van der Waals surface area contributed by atoms with E-state index in [2.05, 4.69) is 10.6 Å². The van der Waals surface area contributed by atoms with Crippen molar-refractivity contribution in [3.05, 3.63) is 65.7 Å². The van der Waals surface area contributed by atoms with Crippen LogP contribution in [0.15, 0.2) is 54.6 Å². The normalized spacial score (nSPS) is 10.1. The number of hydrogen-bond donors (Lipinski definition) is 3. The summed E-state index contributed by atoms with van der Waals surface area (Å²) in [6.45, 7) is 1.46. The summed E-state index contributed by atoms with van der Waals surface area (Å²) in [6.07, 6.45) is 0.751. The minimum atomic E-state index is -0.201. The molecule has 0 aliphatic rings. The molecule has 0 aromatic heterocycles.